The Morgan fingerprint density at radius 1 is 1.11 bits per heavy atom. The maximum absolute atomic E-state index is 12.6. The topological polar surface area (TPSA) is 79.2 Å². The quantitative estimate of drug-likeness (QED) is 0.753. The highest BCUT2D eigenvalue weighted by Crippen LogP contribution is 2.23. The van der Waals surface area contributed by atoms with E-state index >= 15 is 0 Å². The van der Waals surface area contributed by atoms with Gasteiger partial charge in [0.25, 0.3) is 0 Å². The van der Waals surface area contributed by atoms with E-state index < -0.39 is 0 Å². The van der Waals surface area contributed by atoms with Crippen molar-refractivity contribution >= 4 is 22.8 Å². The highest BCUT2D eigenvalue weighted by molar-refractivity contribution is 5.92. The van der Waals surface area contributed by atoms with Crippen molar-refractivity contribution < 1.29 is 4.79 Å². The van der Waals surface area contributed by atoms with Gasteiger partial charge >= 0.3 is 6.03 Å². The number of hydrogen-bond donors (Lipinski definition) is 1. The Labute approximate surface area is 157 Å². The minimum Gasteiger partial charge on any atom is -0.319 e. The molecular formula is C19H23N7O. The zero-order chi connectivity index (χ0) is 19.0. The molecule has 0 aromatic carbocycles. The van der Waals surface area contributed by atoms with Gasteiger partial charge in [0.1, 0.15) is 5.82 Å². The summed E-state index contributed by atoms with van der Waals surface area (Å²) in [6.07, 6.45) is 7.25. The van der Waals surface area contributed by atoms with Crippen molar-refractivity contribution in [1.82, 2.24) is 29.5 Å². The van der Waals surface area contributed by atoms with Gasteiger partial charge in [-0.2, -0.15) is 5.10 Å². The first-order chi connectivity index (χ1) is 13.0. The molecule has 4 rings (SSSR count). The average Bonchev–Trinajstić information content (AvgIpc) is 3.07. The number of rotatable bonds is 2. The summed E-state index contributed by atoms with van der Waals surface area (Å²) >= 11 is 0. The van der Waals surface area contributed by atoms with Crippen LogP contribution in [0.25, 0.3) is 22.0 Å². The van der Waals surface area contributed by atoms with Crippen LogP contribution in [0.4, 0.5) is 10.6 Å². The molecule has 1 N–H and O–H groups in total. The molecule has 0 bridgehead atoms. The summed E-state index contributed by atoms with van der Waals surface area (Å²) in [6.45, 7) is 4.52. The average molecular weight is 365 g/mol. The molecule has 0 aliphatic carbocycles. The first-order valence-corrected chi connectivity index (χ1v) is 9.00. The second-order valence-electron chi connectivity index (χ2n) is 7.12. The van der Waals surface area contributed by atoms with Crippen molar-refractivity contribution in [3.8, 4) is 11.1 Å². The van der Waals surface area contributed by atoms with E-state index in [0.29, 0.717) is 12.4 Å². The van der Waals surface area contributed by atoms with E-state index in [9.17, 15) is 4.79 Å². The third-order valence-electron chi connectivity index (χ3n) is 4.93. The lowest BCUT2D eigenvalue weighted by Gasteiger charge is -2.37. The molecule has 27 heavy (non-hydrogen) atoms. The number of carbonyl (C=O) groups is 1. The van der Waals surface area contributed by atoms with Crippen LogP contribution in [0.5, 0.6) is 0 Å². The fraction of sp³-hybridized carbons (Fsp3) is 0.368. The lowest BCUT2D eigenvalue weighted by atomic mass is 10.1. The van der Waals surface area contributed by atoms with E-state index in [2.05, 4.69) is 39.3 Å². The van der Waals surface area contributed by atoms with Crippen LogP contribution in [0.2, 0.25) is 0 Å². The molecule has 2 amide bonds. The van der Waals surface area contributed by atoms with Gasteiger partial charge in [-0.25, -0.2) is 9.78 Å². The molecule has 1 aliphatic heterocycles. The van der Waals surface area contributed by atoms with Crippen LogP contribution in [0.15, 0.2) is 36.9 Å². The molecule has 3 aromatic rings. The summed E-state index contributed by atoms with van der Waals surface area (Å²) in [5.74, 6) is 0.531. The number of nitrogens with one attached hydrogen (secondary N) is 1. The number of nitrogens with zero attached hydrogens (tertiary/aromatic N) is 6. The fourth-order valence-corrected chi connectivity index (χ4v) is 3.45. The zero-order valence-electron chi connectivity index (χ0n) is 15.8. The maximum Gasteiger partial charge on any atom is 0.323 e. The maximum atomic E-state index is 12.6. The molecule has 0 saturated carbocycles. The number of pyridine rings is 2. The van der Waals surface area contributed by atoms with E-state index in [4.69, 9.17) is 0 Å². The molecule has 1 fully saturated rings. The number of amides is 2. The van der Waals surface area contributed by atoms with E-state index in [-0.39, 0.29) is 12.1 Å². The van der Waals surface area contributed by atoms with Gasteiger partial charge < -0.3 is 9.80 Å². The molecule has 8 nitrogen and oxygen atoms in total. The monoisotopic (exact) mass is 365 g/mol. The molecule has 1 saturated heterocycles. The Morgan fingerprint density at radius 3 is 2.70 bits per heavy atom. The Balaban J connectivity index is 1.56. The Kier molecular flexibility index (Phi) is 4.49. The number of likely N-dealkylation sites (N-methyl/N-ethyl adjacent to an activating group) is 1. The van der Waals surface area contributed by atoms with Gasteiger partial charge in [0.05, 0.1) is 17.9 Å². The number of aryl methyl sites for hydroxylation is 1. The molecular weight excluding hydrogens is 342 g/mol. The van der Waals surface area contributed by atoms with Crippen LogP contribution < -0.4 is 5.32 Å². The van der Waals surface area contributed by atoms with Gasteiger partial charge in [0.2, 0.25) is 0 Å². The molecule has 0 radical (unpaired) electrons. The Hall–Kier alpha value is -3.00. The van der Waals surface area contributed by atoms with Crippen LogP contribution in [-0.4, -0.2) is 68.3 Å². The minimum absolute atomic E-state index is 0.112. The molecule has 0 spiro atoms. The van der Waals surface area contributed by atoms with Crippen molar-refractivity contribution in [3.63, 3.8) is 0 Å². The van der Waals surface area contributed by atoms with Gasteiger partial charge in [-0.3, -0.25) is 15.0 Å². The second kappa shape index (κ2) is 6.96. The summed E-state index contributed by atoms with van der Waals surface area (Å²) in [7, 11) is 3.96. The van der Waals surface area contributed by atoms with Crippen molar-refractivity contribution in [2.24, 2.45) is 7.05 Å². The summed E-state index contributed by atoms with van der Waals surface area (Å²) in [4.78, 5) is 25.5. The lowest BCUT2D eigenvalue weighted by Crippen LogP contribution is -2.54. The van der Waals surface area contributed by atoms with E-state index in [0.717, 1.165) is 35.1 Å². The largest absolute Gasteiger partial charge is 0.323 e. The van der Waals surface area contributed by atoms with Crippen LogP contribution >= 0.6 is 0 Å². The van der Waals surface area contributed by atoms with Crippen LogP contribution in [-0.2, 0) is 7.05 Å². The van der Waals surface area contributed by atoms with Crippen molar-refractivity contribution in [3.05, 3.63) is 36.9 Å². The summed E-state index contributed by atoms with van der Waals surface area (Å²) < 4.78 is 1.76. The van der Waals surface area contributed by atoms with Crippen molar-refractivity contribution in [1.29, 1.82) is 0 Å². The highest BCUT2D eigenvalue weighted by atomic mass is 16.2. The van der Waals surface area contributed by atoms with Gasteiger partial charge in [0, 0.05) is 61.6 Å². The van der Waals surface area contributed by atoms with Crippen LogP contribution in [0.3, 0.4) is 0 Å². The smallest absolute Gasteiger partial charge is 0.319 e. The zero-order valence-corrected chi connectivity index (χ0v) is 15.8. The number of fused-ring (bicyclic) bond motifs is 1. The van der Waals surface area contributed by atoms with Gasteiger partial charge in [-0.05, 0) is 26.1 Å². The van der Waals surface area contributed by atoms with Gasteiger partial charge in [-0.15, -0.1) is 0 Å². The summed E-state index contributed by atoms with van der Waals surface area (Å²) in [5.41, 5.74) is 2.76. The predicted octanol–water partition coefficient (Wildman–Crippen LogP) is 2.20. The van der Waals surface area contributed by atoms with E-state index in [1.807, 2.05) is 42.7 Å². The number of piperazine rings is 1. The van der Waals surface area contributed by atoms with Gasteiger partial charge in [-0.1, -0.05) is 0 Å². The van der Waals surface area contributed by atoms with E-state index in [1.54, 1.807) is 10.9 Å². The first kappa shape index (κ1) is 17.4. The lowest BCUT2D eigenvalue weighted by molar-refractivity contribution is 0.125. The summed E-state index contributed by atoms with van der Waals surface area (Å²) in [5, 5.41) is 8.05. The normalized spacial score (nSPS) is 18.0. The molecule has 3 aromatic heterocycles. The van der Waals surface area contributed by atoms with Crippen molar-refractivity contribution in [2.75, 3.05) is 32.0 Å². The predicted molar refractivity (Wildman–Crippen MR) is 104 cm³/mol. The number of hydrogen-bond acceptors (Lipinski definition) is 5. The third-order valence-corrected chi connectivity index (χ3v) is 4.93. The third kappa shape index (κ3) is 3.61. The fourth-order valence-electron chi connectivity index (χ4n) is 3.45. The number of anilines is 1. The van der Waals surface area contributed by atoms with Crippen LogP contribution in [0, 0.1) is 0 Å². The highest BCUT2D eigenvalue weighted by Gasteiger charge is 2.25. The Morgan fingerprint density at radius 2 is 1.96 bits per heavy atom. The first-order valence-electron chi connectivity index (χ1n) is 9.00. The molecule has 4 heterocycles. The Bertz CT molecular complexity index is 983. The number of carbonyl (C=O) groups excluding carboxylic acids is 1. The SMILES string of the molecule is C[C@H]1CN(C)CCN1C(=O)Nc1cc2cc(-c3cnn(C)c3)cnc2cn1. The van der Waals surface area contributed by atoms with Crippen LogP contribution in [0.1, 0.15) is 6.92 Å². The number of urea groups is 1. The summed E-state index contributed by atoms with van der Waals surface area (Å²) in [6, 6.07) is 3.96. The van der Waals surface area contributed by atoms with E-state index in [1.165, 1.54) is 0 Å². The van der Waals surface area contributed by atoms with Crippen molar-refractivity contribution in [2.45, 2.75) is 13.0 Å². The molecule has 140 valence electrons. The standard InChI is InChI=1S/C19H23N7O/c1-13-11-24(2)4-5-26(13)19(27)23-18-7-14-6-15(8-20-17(14)10-21-18)16-9-22-25(3)12-16/h6-10,12-13H,4-5,11H2,1-3H3,(H,21,23,27)/t13-/m0/s1. The molecule has 0 unspecified atom stereocenters. The minimum atomic E-state index is -0.112. The van der Waals surface area contributed by atoms with Gasteiger partial charge in [0.15, 0.2) is 0 Å². The molecule has 1 atom stereocenters. The molecule has 1 aliphatic rings. The number of aromatic nitrogens is 4. The molecule has 8 heteroatoms. The second-order valence-corrected chi connectivity index (χ2v) is 7.12.